The van der Waals surface area contributed by atoms with E-state index in [2.05, 4.69) is 0 Å². The van der Waals surface area contributed by atoms with Gasteiger partial charge in [-0.05, 0) is 48.9 Å². The molecule has 0 aromatic heterocycles. The molecule has 2 aromatic carbocycles. The molecule has 21 heavy (non-hydrogen) atoms. The lowest BCUT2D eigenvalue weighted by Crippen LogP contribution is -2.29. The Labute approximate surface area is 130 Å². The van der Waals surface area contributed by atoms with E-state index in [9.17, 15) is 8.42 Å². The average Bonchev–Trinajstić information content (AvgIpc) is 2.46. The van der Waals surface area contributed by atoms with Crippen molar-refractivity contribution in [3.05, 3.63) is 59.1 Å². The molecule has 0 saturated heterocycles. The fourth-order valence-corrected chi connectivity index (χ4v) is 3.49. The highest BCUT2D eigenvalue weighted by molar-refractivity contribution is 7.89. The third kappa shape index (κ3) is 3.37. The molecule has 2 aromatic rings. The molecule has 0 fully saturated rings. The van der Waals surface area contributed by atoms with Crippen LogP contribution in [0.2, 0.25) is 5.02 Å². The van der Waals surface area contributed by atoms with Gasteiger partial charge in [-0.15, -0.1) is 0 Å². The SMILES string of the molecule is CC(c1cccc(N)c1)N(C)S(=O)(=O)c1ccc(Cl)cc1. The number of nitrogens with two attached hydrogens (primary N) is 1. The first-order chi connectivity index (χ1) is 9.82. The summed E-state index contributed by atoms with van der Waals surface area (Å²) in [5, 5.41) is 0.500. The topological polar surface area (TPSA) is 63.4 Å². The molecule has 112 valence electrons. The highest BCUT2D eigenvalue weighted by Gasteiger charge is 2.26. The van der Waals surface area contributed by atoms with Gasteiger partial charge in [-0.1, -0.05) is 23.7 Å². The Morgan fingerprint density at radius 3 is 2.33 bits per heavy atom. The standard InChI is InChI=1S/C15H17ClN2O2S/c1-11(12-4-3-5-14(17)10-12)18(2)21(19,20)15-8-6-13(16)7-9-15/h3-11H,17H2,1-2H3. The van der Waals surface area contributed by atoms with E-state index in [1.165, 1.54) is 16.4 Å². The highest BCUT2D eigenvalue weighted by atomic mass is 35.5. The molecular weight excluding hydrogens is 308 g/mol. The van der Waals surface area contributed by atoms with Gasteiger partial charge in [0.2, 0.25) is 10.0 Å². The van der Waals surface area contributed by atoms with E-state index in [1.807, 2.05) is 19.1 Å². The second-order valence-electron chi connectivity index (χ2n) is 4.82. The maximum absolute atomic E-state index is 12.6. The van der Waals surface area contributed by atoms with Crippen molar-refractivity contribution >= 4 is 27.3 Å². The lowest BCUT2D eigenvalue weighted by atomic mass is 10.1. The third-order valence-electron chi connectivity index (χ3n) is 3.43. The van der Waals surface area contributed by atoms with Gasteiger partial charge >= 0.3 is 0 Å². The van der Waals surface area contributed by atoms with Gasteiger partial charge in [0.25, 0.3) is 0 Å². The zero-order chi connectivity index (χ0) is 15.6. The zero-order valence-corrected chi connectivity index (χ0v) is 13.4. The monoisotopic (exact) mass is 324 g/mol. The number of sulfonamides is 1. The number of nitrogen functional groups attached to an aromatic ring is 1. The van der Waals surface area contributed by atoms with Crippen molar-refractivity contribution in [1.29, 1.82) is 0 Å². The van der Waals surface area contributed by atoms with Crippen LogP contribution >= 0.6 is 11.6 Å². The van der Waals surface area contributed by atoms with Gasteiger partial charge in [-0.2, -0.15) is 4.31 Å². The molecule has 0 spiro atoms. The maximum atomic E-state index is 12.6. The van der Waals surface area contributed by atoms with Crippen LogP contribution in [-0.2, 0) is 10.0 Å². The first-order valence-electron chi connectivity index (χ1n) is 6.41. The summed E-state index contributed by atoms with van der Waals surface area (Å²) in [5.41, 5.74) is 7.20. The Morgan fingerprint density at radius 1 is 1.14 bits per heavy atom. The van der Waals surface area contributed by atoms with Crippen LogP contribution in [0.3, 0.4) is 0 Å². The molecule has 0 radical (unpaired) electrons. The molecule has 0 aliphatic rings. The summed E-state index contributed by atoms with van der Waals surface area (Å²) in [5.74, 6) is 0. The fraction of sp³-hybridized carbons (Fsp3) is 0.200. The van der Waals surface area contributed by atoms with Crippen LogP contribution in [0.4, 0.5) is 5.69 Å². The molecule has 0 bridgehead atoms. The minimum atomic E-state index is -3.58. The van der Waals surface area contributed by atoms with Crippen LogP contribution < -0.4 is 5.73 Å². The second-order valence-corrected chi connectivity index (χ2v) is 7.26. The van der Waals surface area contributed by atoms with Crippen LogP contribution in [0.1, 0.15) is 18.5 Å². The van der Waals surface area contributed by atoms with Crippen molar-refractivity contribution in [2.24, 2.45) is 0 Å². The van der Waals surface area contributed by atoms with E-state index in [0.29, 0.717) is 10.7 Å². The van der Waals surface area contributed by atoms with Gasteiger partial charge in [0.15, 0.2) is 0 Å². The van der Waals surface area contributed by atoms with Crippen LogP contribution in [0.5, 0.6) is 0 Å². The molecule has 2 N–H and O–H groups in total. The van der Waals surface area contributed by atoms with Gasteiger partial charge in [0.1, 0.15) is 0 Å². The lowest BCUT2D eigenvalue weighted by molar-refractivity contribution is 0.398. The Balaban J connectivity index is 2.33. The fourth-order valence-electron chi connectivity index (χ4n) is 2.01. The number of rotatable bonds is 4. The molecule has 2 rings (SSSR count). The molecule has 1 atom stereocenters. The summed E-state index contributed by atoms with van der Waals surface area (Å²) in [6.07, 6.45) is 0. The molecule has 0 amide bonds. The van der Waals surface area contributed by atoms with Crippen LogP contribution in [-0.4, -0.2) is 19.8 Å². The molecule has 1 unspecified atom stereocenters. The van der Waals surface area contributed by atoms with Crippen LogP contribution in [0, 0.1) is 0 Å². The predicted molar refractivity (Wildman–Crippen MR) is 85.7 cm³/mol. The summed E-state index contributed by atoms with van der Waals surface area (Å²) in [6.45, 7) is 1.82. The van der Waals surface area contributed by atoms with E-state index >= 15 is 0 Å². The molecule has 0 aliphatic carbocycles. The number of hydrogen-bond acceptors (Lipinski definition) is 3. The summed E-state index contributed by atoms with van der Waals surface area (Å²) >= 11 is 5.79. The largest absolute Gasteiger partial charge is 0.399 e. The second kappa shape index (κ2) is 6.05. The third-order valence-corrected chi connectivity index (χ3v) is 5.62. The Kier molecular flexibility index (Phi) is 4.56. The van der Waals surface area contributed by atoms with Crippen molar-refractivity contribution in [2.75, 3.05) is 12.8 Å². The summed E-state index contributed by atoms with van der Waals surface area (Å²) < 4.78 is 26.5. The number of anilines is 1. The molecule has 6 heteroatoms. The molecular formula is C15H17ClN2O2S. The summed E-state index contributed by atoms with van der Waals surface area (Å²) in [6, 6.07) is 13.0. The molecule has 0 heterocycles. The minimum Gasteiger partial charge on any atom is -0.399 e. The van der Waals surface area contributed by atoms with Gasteiger partial charge in [-0.25, -0.2) is 8.42 Å². The zero-order valence-electron chi connectivity index (χ0n) is 11.8. The highest BCUT2D eigenvalue weighted by Crippen LogP contribution is 2.27. The Hall–Kier alpha value is -1.56. The van der Waals surface area contributed by atoms with E-state index in [4.69, 9.17) is 17.3 Å². The van der Waals surface area contributed by atoms with Crippen molar-refractivity contribution in [2.45, 2.75) is 17.9 Å². The quantitative estimate of drug-likeness (QED) is 0.878. The predicted octanol–water partition coefficient (Wildman–Crippen LogP) is 3.30. The van der Waals surface area contributed by atoms with E-state index in [0.717, 1.165) is 5.56 Å². The number of halogens is 1. The van der Waals surface area contributed by atoms with E-state index in [-0.39, 0.29) is 10.9 Å². The van der Waals surface area contributed by atoms with E-state index in [1.54, 1.807) is 31.3 Å². The van der Waals surface area contributed by atoms with Crippen molar-refractivity contribution in [1.82, 2.24) is 4.31 Å². The van der Waals surface area contributed by atoms with E-state index < -0.39 is 10.0 Å². The summed E-state index contributed by atoms with van der Waals surface area (Å²) in [7, 11) is -2.03. The normalized spacial score (nSPS) is 13.3. The average molecular weight is 325 g/mol. The Bertz CT molecular complexity index is 730. The number of benzene rings is 2. The van der Waals surface area contributed by atoms with Crippen LogP contribution in [0.15, 0.2) is 53.4 Å². The van der Waals surface area contributed by atoms with Gasteiger partial charge in [0, 0.05) is 23.8 Å². The van der Waals surface area contributed by atoms with Crippen molar-refractivity contribution < 1.29 is 8.42 Å². The molecule has 0 aliphatic heterocycles. The molecule has 0 saturated carbocycles. The first kappa shape index (κ1) is 15.8. The van der Waals surface area contributed by atoms with Crippen molar-refractivity contribution in [3.63, 3.8) is 0 Å². The minimum absolute atomic E-state index is 0.213. The van der Waals surface area contributed by atoms with Gasteiger partial charge in [-0.3, -0.25) is 0 Å². The Morgan fingerprint density at radius 2 is 1.76 bits per heavy atom. The number of hydrogen-bond donors (Lipinski definition) is 1. The van der Waals surface area contributed by atoms with Crippen LogP contribution in [0.25, 0.3) is 0 Å². The first-order valence-corrected chi connectivity index (χ1v) is 8.23. The smallest absolute Gasteiger partial charge is 0.243 e. The summed E-state index contributed by atoms with van der Waals surface area (Å²) in [4.78, 5) is 0.213. The molecule has 4 nitrogen and oxygen atoms in total. The van der Waals surface area contributed by atoms with Crippen molar-refractivity contribution in [3.8, 4) is 0 Å². The number of nitrogens with zero attached hydrogens (tertiary/aromatic N) is 1. The maximum Gasteiger partial charge on any atom is 0.243 e. The lowest BCUT2D eigenvalue weighted by Gasteiger charge is -2.25. The van der Waals surface area contributed by atoms with Gasteiger partial charge in [0.05, 0.1) is 4.90 Å². The van der Waals surface area contributed by atoms with Gasteiger partial charge < -0.3 is 5.73 Å².